The fraction of sp³-hybridized carbons (Fsp3) is 0.214. The van der Waals surface area contributed by atoms with Crippen LogP contribution in [0.2, 0.25) is 0 Å². The number of nitrogens with two attached hydrogens (primary N) is 1. The van der Waals surface area contributed by atoms with Gasteiger partial charge in [0, 0.05) is 22.0 Å². The third kappa shape index (κ3) is 2.96. The number of hydrogen-bond acceptors (Lipinski definition) is 4. The number of oxime groups is 1. The summed E-state index contributed by atoms with van der Waals surface area (Å²) in [4.78, 5) is 3.49. The van der Waals surface area contributed by atoms with Gasteiger partial charge in [0.1, 0.15) is 0 Å². The van der Waals surface area contributed by atoms with Gasteiger partial charge in [0.25, 0.3) is 0 Å². The average Bonchev–Trinajstić information content (AvgIpc) is 2.99. The lowest BCUT2D eigenvalue weighted by atomic mass is 10.1. The van der Waals surface area contributed by atoms with Crippen molar-refractivity contribution < 1.29 is 5.21 Å². The van der Waals surface area contributed by atoms with Crippen molar-refractivity contribution in [2.24, 2.45) is 10.9 Å². The second kappa shape index (κ2) is 6.28. The van der Waals surface area contributed by atoms with E-state index >= 15 is 0 Å². The van der Waals surface area contributed by atoms with E-state index in [1.807, 2.05) is 25.2 Å². The number of nitrogens with zero attached hydrogens (tertiary/aromatic N) is 2. The van der Waals surface area contributed by atoms with E-state index in [-0.39, 0.29) is 11.9 Å². The van der Waals surface area contributed by atoms with Crippen LogP contribution in [0.3, 0.4) is 0 Å². The van der Waals surface area contributed by atoms with Crippen LogP contribution < -0.4 is 10.6 Å². The Bertz CT molecular complexity index is 613. The number of benzene rings is 1. The van der Waals surface area contributed by atoms with Crippen LogP contribution in [0, 0.1) is 0 Å². The first kappa shape index (κ1) is 14.9. The fourth-order valence-corrected chi connectivity index (χ4v) is 3.42. The molecule has 0 radical (unpaired) electrons. The zero-order valence-electron chi connectivity index (χ0n) is 11.2. The molecular formula is C14H16BrN3OS. The highest BCUT2D eigenvalue weighted by atomic mass is 79.9. The SMILES string of the molecule is CC(c1cccs1)N(C)c1ccc(/C(N)=N/O)cc1Br. The van der Waals surface area contributed by atoms with Crippen LogP contribution in [-0.2, 0) is 0 Å². The Labute approximate surface area is 130 Å². The molecular weight excluding hydrogens is 338 g/mol. The van der Waals surface area contributed by atoms with Crippen molar-refractivity contribution in [3.63, 3.8) is 0 Å². The molecule has 2 aromatic rings. The number of halogens is 1. The summed E-state index contributed by atoms with van der Waals surface area (Å²) in [6.45, 7) is 2.16. The van der Waals surface area contributed by atoms with Gasteiger partial charge in [-0.1, -0.05) is 11.2 Å². The summed E-state index contributed by atoms with van der Waals surface area (Å²) in [5.41, 5.74) is 7.33. The molecule has 106 valence electrons. The second-order valence-electron chi connectivity index (χ2n) is 4.45. The highest BCUT2D eigenvalue weighted by Gasteiger charge is 2.16. The molecule has 0 saturated heterocycles. The minimum Gasteiger partial charge on any atom is -0.409 e. The van der Waals surface area contributed by atoms with Gasteiger partial charge in [-0.3, -0.25) is 0 Å². The van der Waals surface area contributed by atoms with Crippen molar-refractivity contribution in [3.8, 4) is 0 Å². The Morgan fingerprint density at radius 2 is 2.20 bits per heavy atom. The Morgan fingerprint density at radius 3 is 2.75 bits per heavy atom. The molecule has 4 nitrogen and oxygen atoms in total. The summed E-state index contributed by atoms with van der Waals surface area (Å²) >= 11 is 5.29. The van der Waals surface area contributed by atoms with Crippen LogP contribution in [0.4, 0.5) is 5.69 Å². The van der Waals surface area contributed by atoms with E-state index in [9.17, 15) is 0 Å². The van der Waals surface area contributed by atoms with Crippen molar-refractivity contribution in [2.45, 2.75) is 13.0 Å². The largest absolute Gasteiger partial charge is 0.409 e. The van der Waals surface area contributed by atoms with Gasteiger partial charge in [-0.15, -0.1) is 11.3 Å². The molecule has 1 heterocycles. The quantitative estimate of drug-likeness (QED) is 0.380. The van der Waals surface area contributed by atoms with Gasteiger partial charge < -0.3 is 15.8 Å². The first-order valence-corrected chi connectivity index (χ1v) is 7.75. The minimum absolute atomic E-state index is 0.103. The fourth-order valence-electron chi connectivity index (χ4n) is 1.94. The Balaban J connectivity index is 2.29. The topological polar surface area (TPSA) is 61.8 Å². The van der Waals surface area contributed by atoms with E-state index in [0.717, 1.165) is 10.2 Å². The number of thiophene rings is 1. The number of anilines is 1. The summed E-state index contributed by atoms with van der Waals surface area (Å²) in [5, 5.41) is 13.8. The lowest BCUT2D eigenvalue weighted by molar-refractivity contribution is 0.318. The van der Waals surface area contributed by atoms with E-state index < -0.39 is 0 Å². The molecule has 0 aliphatic heterocycles. The molecule has 1 atom stereocenters. The zero-order valence-corrected chi connectivity index (χ0v) is 13.6. The predicted molar refractivity (Wildman–Crippen MR) is 87.8 cm³/mol. The van der Waals surface area contributed by atoms with Crippen LogP contribution in [-0.4, -0.2) is 18.1 Å². The highest BCUT2D eigenvalue weighted by molar-refractivity contribution is 9.10. The molecule has 3 N–H and O–H groups in total. The van der Waals surface area contributed by atoms with Crippen LogP contribution in [0.25, 0.3) is 0 Å². The van der Waals surface area contributed by atoms with Gasteiger partial charge in [-0.05, 0) is 52.5 Å². The van der Waals surface area contributed by atoms with Gasteiger partial charge in [-0.25, -0.2) is 0 Å². The van der Waals surface area contributed by atoms with E-state index in [1.165, 1.54) is 4.88 Å². The van der Waals surface area contributed by atoms with Gasteiger partial charge in [-0.2, -0.15) is 0 Å². The van der Waals surface area contributed by atoms with Crippen molar-refractivity contribution in [2.75, 3.05) is 11.9 Å². The highest BCUT2D eigenvalue weighted by Crippen LogP contribution is 2.33. The second-order valence-corrected chi connectivity index (χ2v) is 6.29. The molecule has 0 aliphatic carbocycles. The van der Waals surface area contributed by atoms with Crippen molar-refractivity contribution in [3.05, 3.63) is 50.6 Å². The average molecular weight is 354 g/mol. The maximum Gasteiger partial charge on any atom is 0.170 e. The van der Waals surface area contributed by atoms with E-state index in [0.29, 0.717) is 5.56 Å². The van der Waals surface area contributed by atoms with Crippen LogP contribution in [0.15, 0.2) is 45.3 Å². The van der Waals surface area contributed by atoms with Crippen LogP contribution in [0.5, 0.6) is 0 Å². The Hall–Kier alpha value is -1.53. The molecule has 6 heteroatoms. The first-order chi connectivity index (χ1) is 9.54. The summed E-state index contributed by atoms with van der Waals surface area (Å²) < 4.78 is 0.910. The smallest absolute Gasteiger partial charge is 0.170 e. The summed E-state index contributed by atoms with van der Waals surface area (Å²) in [7, 11) is 2.05. The van der Waals surface area contributed by atoms with Gasteiger partial charge in [0.15, 0.2) is 5.84 Å². The third-order valence-electron chi connectivity index (χ3n) is 3.27. The maximum atomic E-state index is 8.71. The number of amidine groups is 1. The minimum atomic E-state index is 0.103. The lowest BCUT2D eigenvalue weighted by Gasteiger charge is -2.27. The zero-order chi connectivity index (χ0) is 14.7. The first-order valence-electron chi connectivity index (χ1n) is 6.08. The van der Waals surface area contributed by atoms with Crippen LogP contribution >= 0.6 is 27.3 Å². The number of hydrogen-bond donors (Lipinski definition) is 2. The summed E-state index contributed by atoms with van der Waals surface area (Å²) in [6, 6.07) is 10.1. The normalized spacial score (nSPS) is 13.2. The van der Waals surface area contributed by atoms with E-state index in [4.69, 9.17) is 10.9 Å². The molecule has 0 spiro atoms. The Morgan fingerprint density at radius 1 is 1.45 bits per heavy atom. The summed E-state index contributed by atoms with van der Waals surface area (Å²) in [6.07, 6.45) is 0. The van der Waals surface area contributed by atoms with E-state index in [2.05, 4.69) is 50.4 Å². The maximum absolute atomic E-state index is 8.71. The lowest BCUT2D eigenvalue weighted by Crippen LogP contribution is -2.21. The van der Waals surface area contributed by atoms with Gasteiger partial charge in [0.05, 0.1) is 11.7 Å². The predicted octanol–water partition coefficient (Wildman–Crippen LogP) is 3.80. The molecule has 1 unspecified atom stereocenters. The molecule has 0 fully saturated rings. The van der Waals surface area contributed by atoms with Crippen molar-refractivity contribution >= 4 is 38.8 Å². The molecule has 1 aromatic heterocycles. The van der Waals surface area contributed by atoms with Crippen LogP contribution in [0.1, 0.15) is 23.4 Å². The van der Waals surface area contributed by atoms with Crippen molar-refractivity contribution in [1.82, 2.24) is 0 Å². The molecule has 0 aliphatic rings. The molecule has 1 aromatic carbocycles. The molecule has 0 bridgehead atoms. The molecule has 0 amide bonds. The van der Waals surface area contributed by atoms with Gasteiger partial charge in [0.2, 0.25) is 0 Å². The van der Waals surface area contributed by atoms with Crippen molar-refractivity contribution in [1.29, 1.82) is 0 Å². The van der Waals surface area contributed by atoms with Gasteiger partial charge >= 0.3 is 0 Å². The number of rotatable bonds is 4. The monoisotopic (exact) mass is 353 g/mol. The third-order valence-corrected chi connectivity index (χ3v) is 4.94. The molecule has 20 heavy (non-hydrogen) atoms. The molecule has 2 rings (SSSR count). The summed E-state index contributed by atoms with van der Waals surface area (Å²) in [5.74, 6) is 0.103. The Kier molecular flexibility index (Phi) is 4.67. The van der Waals surface area contributed by atoms with E-state index in [1.54, 1.807) is 11.3 Å². The standard InChI is InChI=1S/C14H16BrN3OS/c1-9(13-4-3-7-20-13)18(2)12-6-5-10(8-11(12)15)14(16)17-19/h3-9,19H,1-2H3,(H2,16,17). The molecule has 0 saturated carbocycles.